The lowest BCUT2D eigenvalue weighted by Gasteiger charge is -2.14. The molecule has 0 radical (unpaired) electrons. The first kappa shape index (κ1) is 12.9. The molecular weight excluding hydrogens is 232 g/mol. The van der Waals surface area contributed by atoms with E-state index >= 15 is 0 Å². The van der Waals surface area contributed by atoms with E-state index in [1.54, 1.807) is 7.05 Å². The highest BCUT2D eigenvalue weighted by Gasteiger charge is 2.06. The average molecular weight is 250 g/mol. The van der Waals surface area contributed by atoms with Gasteiger partial charge in [0.25, 0.3) is 0 Å². The summed E-state index contributed by atoms with van der Waals surface area (Å²) >= 11 is 0. The van der Waals surface area contributed by atoms with Crippen LogP contribution >= 0.6 is 0 Å². The minimum atomic E-state index is -0.334. The van der Waals surface area contributed by atoms with Gasteiger partial charge in [-0.05, 0) is 31.2 Å². The molecule has 1 heterocycles. The van der Waals surface area contributed by atoms with E-state index in [0.717, 1.165) is 24.0 Å². The van der Waals surface area contributed by atoms with Crippen LogP contribution in [0.15, 0.2) is 27.4 Å². The Balaban J connectivity index is 2.15. The minimum absolute atomic E-state index is 0.172. The number of aromatic nitrogens is 1. The lowest BCUT2D eigenvalue weighted by Crippen LogP contribution is -2.24. The Labute approximate surface area is 105 Å². The molecule has 2 rings (SSSR count). The smallest absolute Gasteiger partial charge is 0.408 e. The van der Waals surface area contributed by atoms with Crippen molar-refractivity contribution < 1.29 is 9.52 Å². The van der Waals surface area contributed by atoms with Crippen LogP contribution in [0.3, 0.4) is 0 Å². The van der Waals surface area contributed by atoms with Crippen LogP contribution in [-0.2, 0) is 13.5 Å². The third-order valence-corrected chi connectivity index (χ3v) is 3.12. The molecule has 0 aliphatic heterocycles. The van der Waals surface area contributed by atoms with Gasteiger partial charge in [-0.25, -0.2) is 4.79 Å². The molecule has 5 nitrogen and oxygen atoms in total. The first-order valence-electron chi connectivity index (χ1n) is 5.99. The van der Waals surface area contributed by atoms with Crippen LogP contribution in [-0.4, -0.2) is 41.3 Å². The summed E-state index contributed by atoms with van der Waals surface area (Å²) in [6.45, 7) is 1.72. The summed E-state index contributed by atoms with van der Waals surface area (Å²) in [7, 11) is 3.68. The van der Waals surface area contributed by atoms with Crippen LogP contribution in [0, 0.1) is 0 Å². The molecule has 1 aromatic heterocycles. The van der Waals surface area contributed by atoms with Gasteiger partial charge in [-0.2, -0.15) is 0 Å². The van der Waals surface area contributed by atoms with E-state index in [1.165, 1.54) is 4.57 Å². The van der Waals surface area contributed by atoms with Gasteiger partial charge in [0.2, 0.25) is 0 Å². The van der Waals surface area contributed by atoms with Gasteiger partial charge in [-0.15, -0.1) is 0 Å². The first-order chi connectivity index (χ1) is 8.61. The van der Waals surface area contributed by atoms with Crippen molar-refractivity contribution in [2.75, 3.05) is 26.7 Å². The highest BCUT2D eigenvalue weighted by molar-refractivity contribution is 5.73. The van der Waals surface area contributed by atoms with Crippen LogP contribution in [0.2, 0.25) is 0 Å². The summed E-state index contributed by atoms with van der Waals surface area (Å²) in [6, 6.07) is 5.78. The Bertz CT molecular complexity index is 585. The van der Waals surface area contributed by atoms with Crippen molar-refractivity contribution in [1.29, 1.82) is 0 Å². The summed E-state index contributed by atoms with van der Waals surface area (Å²) in [6.07, 6.45) is 0.881. The molecule has 1 N–H and O–H groups in total. The van der Waals surface area contributed by atoms with Crippen LogP contribution < -0.4 is 5.76 Å². The number of nitrogens with zero attached hydrogens (tertiary/aromatic N) is 2. The summed E-state index contributed by atoms with van der Waals surface area (Å²) in [5, 5.41) is 8.82. The number of aliphatic hydroxyl groups excluding tert-OH is 1. The number of aliphatic hydroxyl groups is 1. The van der Waals surface area contributed by atoms with Crippen molar-refractivity contribution in [3.8, 4) is 0 Å². The van der Waals surface area contributed by atoms with Gasteiger partial charge in [-0.1, -0.05) is 6.07 Å². The van der Waals surface area contributed by atoms with Crippen LogP contribution in [0.4, 0.5) is 0 Å². The zero-order chi connectivity index (χ0) is 13.1. The van der Waals surface area contributed by atoms with E-state index in [9.17, 15) is 4.79 Å². The molecule has 98 valence electrons. The number of benzene rings is 1. The summed E-state index contributed by atoms with van der Waals surface area (Å²) in [5.41, 5.74) is 2.60. The molecule has 0 atom stereocenters. The second-order valence-corrected chi connectivity index (χ2v) is 4.51. The number of hydrogen-bond donors (Lipinski definition) is 1. The fourth-order valence-electron chi connectivity index (χ4n) is 1.93. The normalized spacial score (nSPS) is 11.6. The van der Waals surface area contributed by atoms with Crippen molar-refractivity contribution in [1.82, 2.24) is 9.47 Å². The molecule has 0 spiro atoms. The molecule has 5 heteroatoms. The standard InChI is InChI=1S/C13H18N2O3/c1-14(7-8-16)6-5-10-3-4-12-11(9-10)15(2)13(17)18-12/h3-4,9,16H,5-8H2,1-2H3. The van der Waals surface area contributed by atoms with Gasteiger partial charge in [0, 0.05) is 20.1 Å². The van der Waals surface area contributed by atoms with Gasteiger partial charge in [0.15, 0.2) is 5.58 Å². The summed E-state index contributed by atoms with van der Waals surface area (Å²) in [5.74, 6) is -0.334. The maximum atomic E-state index is 11.4. The molecule has 0 saturated heterocycles. The Morgan fingerprint density at radius 2 is 2.17 bits per heavy atom. The van der Waals surface area contributed by atoms with E-state index in [2.05, 4.69) is 4.90 Å². The van der Waals surface area contributed by atoms with Crippen molar-refractivity contribution in [3.05, 3.63) is 34.3 Å². The lowest BCUT2D eigenvalue weighted by molar-refractivity contribution is 0.223. The van der Waals surface area contributed by atoms with Crippen LogP contribution in [0.1, 0.15) is 5.56 Å². The molecule has 0 aliphatic rings. The Morgan fingerprint density at radius 3 is 2.89 bits per heavy atom. The average Bonchev–Trinajstić information content (AvgIpc) is 2.63. The topological polar surface area (TPSA) is 58.6 Å². The van der Waals surface area contributed by atoms with Gasteiger partial charge in [0.05, 0.1) is 12.1 Å². The number of fused-ring (bicyclic) bond motifs is 1. The summed E-state index contributed by atoms with van der Waals surface area (Å²) < 4.78 is 6.59. The number of oxazole rings is 1. The zero-order valence-corrected chi connectivity index (χ0v) is 10.7. The van der Waals surface area contributed by atoms with E-state index in [1.807, 2.05) is 25.2 Å². The Hall–Kier alpha value is -1.59. The van der Waals surface area contributed by atoms with Gasteiger partial charge >= 0.3 is 5.76 Å². The quantitative estimate of drug-likeness (QED) is 0.844. The monoisotopic (exact) mass is 250 g/mol. The molecular formula is C13H18N2O3. The van der Waals surface area contributed by atoms with Gasteiger partial charge < -0.3 is 14.4 Å². The summed E-state index contributed by atoms with van der Waals surface area (Å²) in [4.78, 5) is 13.4. The molecule has 0 bridgehead atoms. The highest BCUT2D eigenvalue weighted by Crippen LogP contribution is 2.14. The van der Waals surface area contributed by atoms with Crippen molar-refractivity contribution in [2.45, 2.75) is 6.42 Å². The van der Waals surface area contributed by atoms with Gasteiger partial charge in [-0.3, -0.25) is 4.57 Å². The lowest BCUT2D eigenvalue weighted by atomic mass is 10.1. The predicted octanol–water partition coefficient (Wildman–Crippen LogP) is 0.598. The molecule has 0 unspecified atom stereocenters. The molecule has 18 heavy (non-hydrogen) atoms. The van der Waals surface area contributed by atoms with E-state index < -0.39 is 0 Å². The van der Waals surface area contributed by atoms with E-state index in [0.29, 0.717) is 12.1 Å². The van der Waals surface area contributed by atoms with Crippen LogP contribution in [0.25, 0.3) is 11.1 Å². The molecule has 0 amide bonds. The first-order valence-corrected chi connectivity index (χ1v) is 5.99. The number of hydrogen-bond acceptors (Lipinski definition) is 4. The number of likely N-dealkylation sites (N-methyl/N-ethyl adjacent to an activating group) is 1. The maximum absolute atomic E-state index is 11.4. The molecule has 0 saturated carbocycles. The Kier molecular flexibility index (Phi) is 3.84. The molecule has 1 aromatic carbocycles. The number of rotatable bonds is 5. The zero-order valence-electron chi connectivity index (χ0n) is 10.7. The predicted molar refractivity (Wildman–Crippen MR) is 69.7 cm³/mol. The highest BCUT2D eigenvalue weighted by atomic mass is 16.4. The van der Waals surface area contributed by atoms with E-state index in [4.69, 9.17) is 9.52 Å². The molecule has 0 aliphatic carbocycles. The number of aryl methyl sites for hydroxylation is 1. The molecule has 0 fully saturated rings. The third-order valence-electron chi connectivity index (χ3n) is 3.12. The fourth-order valence-corrected chi connectivity index (χ4v) is 1.93. The van der Waals surface area contributed by atoms with Crippen LogP contribution in [0.5, 0.6) is 0 Å². The second-order valence-electron chi connectivity index (χ2n) is 4.51. The largest absolute Gasteiger partial charge is 0.419 e. The minimum Gasteiger partial charge on any atom is -0.408 e. The van der Waals surface area contributed by atoms with Crippen molar-refractivity contribution in [2.24, 2.45) is 7.05 Å². The second kappa shape index (κ2) is 5.37. The maximum Gasteiger partial charge on any atom is 0.419 e. The Morgan fingerprint density at radius 1 is 1.39 bits per heavy atom. The SMILES string of the molecule is CN(CCO)CCc1ccc2oc(=O)n(C)c2c1. The van der Waals surface area contributed by atoms with Crippen molar-refractivity contribution >= 4 is 11.1 Å². The molecule has 2 aromatic rings. The van der Waals surface area contributed by atoms with Gasteiger partial charge in [0.1, 0.15) is 0 Å². The van der Waals surface area contributed by atoms with Crippen molar-refractivity contribution in [3.63, 3.8) is 0 Å². The third kappa shape index (κ3) is 2.63. The fraction of sp³-hybridized carbons (Fsp3) is 0.462. The van der Waals surface area contributed by atoms with E-state index in [-0.39, 0.29) is 12.4 Å².